The van der Waals surface area contributed by atoms with Crippen molar-refractivity contribution in [3.05, 3.63) is 41.5 Å². The van der Waals surface area contributed by atoms with Crippen LogP contribution < -0.4 is 0 Å². The van der Waals surface area contributed by atoms with Crippen LogP contribution in [0.25, 0.3) is 6.08 Å². The molecular formula is C22H36O3Si. The van der Waals surface area contributed by atoms with E-state index in [0.29, 0.717) is 23.0 Å². The lowest BCUT2D eigenvalue weighted by molar-refractivity contribution is -0.139. The van der Waals surface area contributed by atoms with Crippen molar-refractivity contribution in [2.45, 2.75) is 71.0 Å². The third-order valence-electron chi connectivity index (χ3n) is 5.30. The maximum Gasteiger partial charge on any atom is 0.309 e. The number of hydrogen-bond donors (Lipinski definition) is 0. The number of methoxy groups -OCH3 is 1. The predicted molar refractivity (Wildman–Crippen MR) is 113 cm³/mol. The van der Waals surface area contributed by atoms with Gasteiger partial charge in [-0.25, -0.2) is 0 Å². The minimum absolute atomic E-state index is 0.219. The fourth-order valence-corrected chi connectivity index (χ4v) is 9.58. The standard InChI is InChI=1S/C22H36O3Si/c1-17(2)26(18(3)4,19(5)6)25-16-15-21-12-9-8-11-20(21)13-10-14-22(23)24-7/h8-13,17-19H,14-16H2,1-7H3. The maximum absolute atomic E-state index is 11.3. The van der Waals surface area contributed by atoms with E-state index in [4.69, 9.17) is 4.43 Å². The molecule has 0 aliphatic heterocycles. The van der Waals surface area contributed by atoms with Gasteiger partial charge < -0.3 is 9.16 Å². The van der Waals surface area contributed by atoms with E-state index < -0.39 is 8.32 Å². The van der Waals surface area contributed by atoms with Crippen LogP contribution in [0.5, 0.6) is 0 Å². The minimum atomic E-state index is -1.82. The zero-order chi connectivity index (χ0) is 19.7. The first-order chi connectivity index (χ1) is 12.3. The Morgan fingerprint density at radius 3 is 2.15 bits per heavy atom. The highest BCUT2D eigenvalue weighted by molar-refractivity contribution is 6.77. The molecule has 146 valence electrons. The van der Waals surface area contributed by atoms with Crippen LogP contribution in [0.1, 0.15) is 59.1 Å². The van der Waals surface area contributed by atoms with Crippen molar-refractivity contribution in [1.29, 1.82) is 0 Å². The van der Waals surface area contributed by atoms with E-state index in [1.54, 1.807) is 0 Å². The van der Waals surface area contributed by atoms with Gasteiger partial charge in [0.1, 0.15) is 0 Å². The number of rotatable bonds is 10. The Morgan fingerprint density at radius 1 is 1.04 bits per heavy atom. The van der Waals surface area contributed by atoms with Crippen molar-refractivity contribution in [2.75, 3.05) is 13.7 Å². The van der Waals surface area contributed by atoms with Gasteiger partial charge in [0, 0.05) is 6.61 Å². The van der Waals surface area contributed by atoms with Crippen molar-refractivity contribution in [1.82, 2.24) is 0 Å². The van der Waals surface area contributed by atoms with Gasteiger partial charge in [-0.2, -0.15) is 0 Å². The molecule has 1 rings (SSSR count). The molecule has 0 aliphatic carbocycles. The third-order valence-corrected chi connectivity index (χ3v) is 11.4. The number of ether oxygens (including phenoxy) is 1. The molecule has 0 aliphatic rings. The number of carbonyl (C=O) groups is 1. The van der Waals surface area contributed by atoms with Gasteiger partial charge in [-0.3, -0.25) is 4.79 Å². The highest BCUT2D eigenvalue weighted by atomic mass is 28.4. The number of benzene rings is 1. The highest BCUT2D eigenvalue weighted by Crippen LogP contribution is 2.42. The van der Waals surface area contributed by atoms with E-state index in [2.05, 4.69) is 64.5 Å². The van der Waals surface area contributed by atoms with E-state index >= 15 is 0 Å². The SMILES string of the molecule is COC(=O)CC=Cc1ccccc1CCO[Si](C(C)C)(C(C)C)C(C)C. The first-order valence-corrected chi connectivity index (χ1v) is 11.8. The molecule has 1 aromatic rings. The Hall–Kier alpha value is -1.39. The summed E-state index contributed by atoms with van der Waals surface area (Å²) < 4.78 is 11.4. The molecule has 0 unspecified atom stereocenters. The van der Waals surface area contributed by atoms with Gasteiger partial charge in [0.2, 0.25) is 0 Å². The Morgan fingerprint density at radius 2 is 1.62 bits per heavy atom. The normalized spacial score (nSPS) is 12.5. The lowest BCUT2D eigenvalue weighted by Crippen LogP contribution is -2.48. The summed E-state index contributed by atoms with van der Waals surface area (Å²) in [6.07, 6.45) is 5.05. The van der Waals surface area contributed by atoms with E-state index in [1.807, 2.05) is 18.2 Å². The first-order valence-electron chi connectivity index (χ1n) is 9.70. The van der Waals surface area contributed by atoms with Crippen molar-refractivity contribution in [2.24, 2.45) is 0 Å². The molecule has 0 radical (unpaired) electrons. The predicted octanol–water partition coefficient (Wildman–Crippen LogP) is 6.00. The van der Waals surface area contributed by atoms with Gasteiger partial charge in [0.05, 0.1) is 13.5 Å². The van der Waals surface area contributed by atoms with Crippen molar-refractivity contribution in [3.8, 4) is 0 Å². The lowest BCUT2D eigenvalue weighted by Gasteiger charge is -2.42. The molecule has 1 aromatic carbocycles. The summed E-state index contributed by atoms with van der Waals surface area (Å²) in [5.74, 6) is -0.219. The lowest BCUT2D eigenvalue weighted by atomic mass is 10.0. The smallest absolute Gasteiger partial charge is 0.309 e. The summed E-state index contributed by atoms with van der Waals surface area (Å²) >= 11 is 0. The highest BCUT2D eigenvalue weighted by Gasteiger charge is 2.44. The topological polar surface area (TPSA) is 35.5 Å². The summed E-state index contributed by atoms with van der Waals surface area (Å²) in [7, 11) is -0.411. The van der Waals surface area contributed by atoms with Crippen LogP contribution in [0, 0.1) is 0 Å². The van der Waals surface area contributed by atoms with E-state index in [-0.39, 0.29) is 5.97 Å². The monoisotopic (exact) mass is 376 g/mol. The van der Waals surface area contributed by atoms with E-state index in [1.165, 1.54) is 12.7 Å². The van der Waals surface area contributed by atoms with E-state index in [0.717, 1.165) is 18.6 Å². The average molecular weight is 377 g/mol. The molecule has 4 heteroatoms. The van der Waals surface area contributed by atoms with Crippen LogP contribution in [0.2, 0.25) is 16.6 Å². The number of hydrogen-bond acceptors (Lipinski definition) is 3. The molecule has 0 spiro atoms. The van der Waals surface area contributed by atoms with Gasteiger partial charge in [-0.05, 0) is 34.2 Å². The number of carbonyl (C=O) groups excluding carboxylic acids is 1. The Kier molecular flexibility index (Phi) is 9.30. The molecule has 0 bridgehead atoms. The molecular weight excluding hydrogens is 340 g/mol. The molecule has 0 saturated carbocycles. The van der Waals surface area contributed by atoms with Gasteiger partial charge >= 0.3 is 5.97 Å². The third kappa shape index (κ3) is 5.81. The second-order valence-corrected chi connectivity index (χ2v) is 13.3. The second-order valence-electron chi connectivity index (χ2n) is 7.80. The summed E-state index contributed by atoms with van der Waals surface area (Å²) in [5, 5.41) is 0. The van der Waals surface area contributed by atoms with E-state index in [9.17, 15) is 4.79 Å². The Labute approximate surface area is 160 Å². The summed E-state index contributed by atoms with van der Waals surface area (Å²) in [6.45, 7) is 14.6. The molecule has 0 N–H and O–H groups in total. The Bertz CT molecular complexity index is 569. The minimum Gasteiger partial charge on any atom is -0.469 e. The molecule has 0 aromatic heterocycles. The van der Waals surface area contributed by atoms with Crippen LogP contribution in [-0.2, 0) is 20.4 Å². The van der Waals surface area contributed by atoms with Crippen LogP contribution >= 0.6 is 0 Å². The fraction of sp³-hybridized carbons (Fsp3) is 0.591. The van der Waals surface area contributed by atoms with Crippen LogP contribution in [-0.4, -0.2) is 28.0 Å². The number of esters is 1. The quantitative estimate of drug-likeness (QED) is 0.371. The fourth-order valence-electron chi connectivity index (χ4n) is 4.13. The summed E-state index contributed by atoms with van der Waals surface area (Å²) in [5.41, 5.74) is 4.19. The summed E-state index contributed by atoms with van der Waals surface area (Å²) in [4.78, 5) is 11.3. The van der Waals surface area contributed by atoms with Gasteiger partial charge in [-0.15, -0.1) is 0 Å². The van der Waals surface area contributed by atoms with Gasteiger partial charge in [0.25, 0.3) is 0 Å². The van der Waals surface area contributed by atoms with Crippen molar-refractivity contribution >= 4 is 20.4 Å². The van der Waals surface area contributed by atoms with Gasteiger partial charge in [0.15, 0.2) is 8.32 Å². The molecule has 0 atom stereocenters. The van der Waals surface area contributed by atoms with Crippen molar-refractivity contribution in [3.63, 3.8) is 0 Å². The van der Waals surface area contributed by atoms with Crippen molar-refractivity contribution < 1.29 is 14.0 Å². The van der Waals surface area contributed by atoms with Gasteiger partial charge in [-0.1, -0.05) is 78.0 Å². The maximum atomic E-state index is 11.3. The summed E-state index contributed by atoms with van der Waals surface area (Å²) in [6, 6.07) is 8.31. The largest absolute Gasteiger partial charge is 0.469 e. The van der Waals surface area contributed by atoms with Crippen LogP contribution in [0.4, 0.5) is 0 Å². The molecule has 0 fully saturated rings. The molecule has 0 amide bonds. The zero-order valence-electron chi connectivity index (χ0n) is 17.5. The average Bonchev–Trinajstić information content (AvgIpc) is 2.58. The Balaban J connectivity index is 2.82. The van der Waals surface area contributed by atoms with Crippen LogP contribution in [0.15, 0.2) is 30.3 Å². The second kappa shape index (κ2) is 10.7. The zero-order valence-corrected chi connectivity index (χ0v) is 18.5. The van der Waals surface area contributed by atoms with Crippen LogP contribution in [0.3, 0.4) is 0 Å². The molecule has 26 heavy (non-hydrogen) atoms. The first kappa shape index (κ1) is 22.6. The molecule has 0 heterocycles. The molecule has 3 nitrogen and oxygen atoms in total. The molecule has 0 saturated heterocycles.